The van der Waals surface area contributed by atoms with Crippen LogP contribution in [0.25, 0.3) is 6.08 Å². The summed E-state index contributed by atoms with van der Waals surface area (Å²) in [7, 11) is 1.55. The highest BCUT2D eigenvalue weighted by molar-refractivity contribution is 5.58. The predicted octanol–water partition coefficient (Wildman–Crippen LogP) is 2.37. The largest absolute Gasteiger partial charge is 0.496 e. The van der Waals surface area contributed by atoms with Gasteiger partial charge in [0.05, 0.1) is 7.11 Å². The Hall–Kier alpha value is -1.35. The maximum Gasteiger partial charge on any atom is 0.127 e. The van der Waals surface area contributed by atoms with Crippen LogP contribution in [0.4, 0.5) is 4.39 Å². The standard InChI is InChI=1S/C12H16FNO/c1-3-11-9(5-4-6-14)7-10(13)8-12(11)15-2/h4-5,7-8H,3,6,14H2,1-2H3/b5-4+. The zero-order chi connectivity index (χ0) is 11.3. The Kier molecular flexibility index (Phi) is 4.31. The molecule has 0 bridgehead atoms. The zero-order valence-corrected chi connectivity index (χ0v) is 9.09. The monoisotopic (exact) mass is 209 g/mol. The van der Waals surface area contributed by atoms with Crippen LogP contribution in [-0.4, -0.2) is 13.7 Å². The first-order valence-electron chi connectivity index (χ1n) is 4.96. The van der Waals surface area contributed by atoms with Gasteiger partial charge in [0.2, 0.25) is 0 Å². The van der Waals surface area contributed by atoms with Crippen molar-refractivity contribution in [2.24, 2.45) is 5.73 Å². The summed E-state index contributed by atoms with van der Waals surface area (Å²) >= 11 is 0. The van der Waals surface area contributed by atoms with Crippen molar-refractivity contribution in [2.45, 2.75) is 13.3 Å². The van der Waals surface area contributed by atoms with E-state index < -0.39 is 0 Å². The summed E-state index contributed by atoms with van der Waals surface area (Å²) in [5, 5.41) is 0. The van der Waals surface area contributed by atoms with Crippen molar-refractivity contribution in [3.8, 4) is 5.75 Å². The summed E-state index contributed by atoms with van der Waals surface area (Å²) in [5.41, 5.74) is 7.20. The van der Waals surface area contributed by atoms with E-state index in [1.54, 1.807) is 13.2 Å². The maximum atomic E-state index is 13.2. The summed E-state index contributed by atoms with van der Waals surface area (Å²) in [4.78, 5) is 0. The molecule has 0 spiro atoms. The second kappa shape index (κ2) is 5.51. The molecule has 1 aromatic carbocycles. The Bertz CT molecular complexity index is 361. The minimum atomic E-state index is -0.291. The van der Waals surface area contributed by atoms with Gasteiger partial charge in [-0.3, -0.25) is 0 Å². The Labute approximate surface area is 89.6 Å². The minimum Gasteiger partial charge on any atom is -0.496 e. The molecule has 1 rings (SSSR count). The molecule has 0 aliphatic rings. The van der Waals surface area contributed by atoms with E-state index in [9.17, 15) is 4.39 Å². The Morgan fingerprint density at radius 2 is 2.20 bits per heavy atom. The highest BCUT2D eigenvalue weighted by atomic mass is 19.1. The summed E-state index contributed by atoms with van der Waals surface area (Å²) in [6.45, 7) is 2.46. The van der Waals surface area contributed by atoms with E-state index in [-0.39, 0.29) is 5.82 Å². The molecule has 0 aromatic heterocycles. The van der Waals surface area contributed by atoms with Gasteiger partial charge in [-0.15, -0.1) is 0 Å². The highest BCUT2D eigenvalue weighted by Gasteiger charge is 2.07. The van der Waals surface area contributed by atoms with Crippen molar-refractivity contribution in [1.82, 2.24) is 0 Å². The zero-order valence-electron chi connectivity index (χ0n) is 9.09. The molecular formula is C12H16FNO. The third-order valence-electron chi connectivity index (χ3n) is 2.22. The Balaban J connectivity index is 3.22. The number of nitrogens with two attached hydrogens (primary N) is 1. The van der Waals surface area contributed by atoms with Gasteiger partial charge < -0.3 is 10.5 Å². The fraction of sp³-hybridized carbons (Fsp3) is 0.333. The van der Waals surface area contributed by atoms with E-state index in [1.807, 2.05) is 13.0 Å². The maximum absolute atomic E-state index is 13.2. The summed E-state index contributed by atoms with van der Waals surface area (Å²) in [5.74, 6) is 0.301. The number of halogens is 1. The number of rotatable bonds is 4. The van der Waals surface area contributed by atoms with E-state index in [1.165, 1.54) is 12.1 Å². The van der Waals surface area contributed by atoms with Crippen molar-refractivity contribution < 1.29 is 9.13 Å². The summed E-state index contributed by atoms with van der Waals surface area (Å²) < 4.78 is 18.3. The van der Waals surface area contributed by atoms with Crippen LogP contribution in [0, 0.1) is 5.82 Å². The Morgan fingerprint density at radius 1 is 1.47 bits per heavy atom. The molecule has 0 radical (unpaired) electrons. The molecule has 3 heteroatoms. The second-order valence-corrected chi connectivity index (χ2v) is 3.17. The quantitative estimate of drug-likeness (QED) is 0.826. The number of hydrogen-bond acceptors (Lipinski definition) is 2. The lowest BCUT2D eigenvalue weighted by Gasteiger charge is -2.10. The van der Waals surface area contributed by atoms with E-state index >= 15 is 0 Å². The van der Waals surface area contributed by atoms with Crippen molar-refractivity contribution in [2.75, 3.05) is 13.7 Å². The van der Waals surface area contributed by atoms with Crippen LogP contribution in [0.3, 0.4) is 0 Å². The SMILES string of the molecule is CCc1c(/C=C/CN)cc(F)cc1OC. The number of ether oxygens (including phenoxy) is 1. The fourth-order valence-corrected chi connectivity index (χ4v) is 1.54. The van der Waals surface area contributed by atoms with E-state index in [2.05, 4.69) is 0 Å². The average Bonchev–Trinajstić information content (AvgIpc) is 2.25. The second-order valence-electron chi connectivity index (χ2n) is 3.17. The van der Waals surface area contributed by atoms with Crippen LogP contribution in [0.5, 0.6) is 5.75 Å². The third-order valence-corrected chi connectivity index (χ3v) is 2.22. The molecular weight excluding hydrogens is 193 g/mol. The van der Waals surface area contributed by atoms with Crippen LogP contribution < -0.4 is 10.5 Å². The van der Waals surface area contributed by atoms with E-state index in [4.69, 9.17) is 10.5 Å². The molecule has 0 heterocycles. The highest BCUT2D eigenvalue weighted by Crippen LogP contribution is 2.25. The fourth-order valence-electron chi connectivity index (χ4n) is 1.54. The smallest absolute Gasteiger partial charge is 0.127 e. The molecule has 0 aliphatic carbocycles. The van der Waals surface area contributed by atoms with Crippen molar-refractivity contribution in [3.05, 3.63) is 35.2 Å². The lowest BCUT2D eigenvalue weighted by molar-refractivity contribution is 0.406. The summed E-state index contributed by atoms with van der Waals surface area (Å²) in [6.07, 6.45) is 4.42. The van der Waals surface area contributed by atoms with Gasteiger partial charge in [0.15, 0.2) is 0 Å². The summed E-state index contributed by atoms with van der Waals surface area (Å²) in [6, 6.07) is 2.89. The topological polar surface area (TPSA) is 35.2 Å². The molecule has 0 saturated heterocycles. The first-order chi connectivity index (χ1) is 7.22. The van der Waals surface area contributed by atoms with Gasteiger partial charge in [-0.1, -0.05) is 19.1 Å². The number of hydrogen-bond donors (Lipinski definition) is 1. The van der Waals surface area contributed by atoms with E-state index in [0.29, 0.717) is 12.3 Å². The van der Waals surface area contributed by atoms with Crippen molar-refractivity contribution >= 4 is 6.08 Å². The van der Waals surface area contributed by atoms with Crippen LogP contribution in [-0.2, 0) is 6.42 Å². The molecule has 1 aromatic rings. The molecule has 0 fully saturated rings. The molecule has 82 valence electrons. The normalized spacial score (nSPS) is 10.9. The molecule has 0 amide bonds. The molecule has 0 atom stereocenters. The van der Waals surface area contributed by atoms with Gasteiger partial charge in [0.25, 0.3) is 0 Å². The van der Waals surface area contributed by atoms with Crippen LogP contribution in [0.2, 0.25) is 0 Å². The lowest BCUT2D eigenvalue weighted by Crippen LogP contribution is -1.97. The number of methoxy groups -OCH3 is 1. The predicted molar refractivity (Wildman–Crippen MR) is 60.4 cm³/mol. The van der Waals surface area contributed by atoms with Crippen molar-refractivity contribution in [1.29, 1.82) is 0 Å². The first-order valence-corrected chi connectivity index (χ1v) is 4.96. The minimum absolute atomic E-state index is 0.291. The third kappa shape index (κ3) is 2.80. The molecule has 0 unspecified atom stereocenters. The average molecular weight is 209 g/mol. The van der Waals surface area contributed by atoms with Gasteiger partial charge in [0.1, 0.15) is 11.6 Å². The molecule has 0 aliphatic heterocycles. The van der Waals surface area contributed by atoms with Crippen molar-refractivity contribution in [3.63, 3.8) is 0 Å². The van der Waals surface area contributed by atoms with Gasteiger partial charge >= 0.3 is 0 Å². The molecule has 2 N–H and O–H groups in total. The van der Waals surface area contributed by atoms with Gasteiger partial charge in [-0.2, -0.15) is 0 Å². The van der Waals surface area contributed by atoms with Gasteiger partial charge in [0, 0.05) is 18.2 Å². The number of benzene rings is 1. The first kappa shape index (κ1) is 11.7. The molecule has 2 nitrogen and oxygen atoms in total. The van der Waals surface area contributed by atoms with Crippen LogP contribution >= 0.6 is 0 Å². The molecule has 15 heavy (non-hydrogen) atoms. The molecule has 0 saturated carbocycles. The van der Waals surface area contributed by atoms with Crippen LogP contribution in [0.1, 0.15) is 18.1 Å². The van der Waals surface area contributed by atoms with Crippen LogP contribution in [0.15, 0.2) is 18.2 Å². The lowest BCUT2D eigenvalue weighted by atomic mass is 10.0. The van der Waals surface area contributed by atoms with Gasteiger partial charge in [-0.05, 0) is 18.1 Å². The van der Waals surface area contributed by atoms with E-state index in [0.717, 1.165) is 17.5 Å². The van der Waals surface area contributed by atoms with Gasteiger partial charge in [-0.25, -0.2) is 4.39 Å². The Morgan fingerprint density at radius 3 is 2.73 bits per heavy atom.